The van der Waals surface area contributed by atoms with Crippen LogP contribution in [0.25, 0.3) is 0 Å². The summed E-state index contributed by atoms with van der Waals surface area (Å²) in [5.41, 5.74) is 7.49. The van der Waals surface area contributed by atoms with Crippen molar-refractivity contribution in [1.82, 2.24) is 9.80 Å². The van der Waals surface area contributed by atoms with Crippen LogP contribution in [-0.4, -0.2) is 54.7 Å². The number of esters is 1. The molecule has 0 aliphatic carbocycles. The molecule has 2 atom stereocenters. The maximum Gasteiger partial charge on any atom is 0.322 e. The Bertz CT molecular complexity index is 438. The number of ether oxygens (including phenoxy) is 1. The minimum Gasteiger partial charge on any atom is -0.468 e. The summed E-state index contributed by atoms with van der Waals surface area (Å²) in [7, 11) is 1.42. The molecular weight excluding hydrogens is 254 g/mol. The Morgan fingerprint density at radius 1 is 1.40 bits per heavy atom. The zero-order chi connectivity index (χ0) is 14.5. The highest BCUT2D eigenvalue weighted by Crippen LogP contribution is 2.13. The number of carbonyl (C=O) groups is 1. The van der Waals surface area contributed by atoms with Crippen molar-refractivity contribution in [2.45, 2.75) is 25.7 Å². The molecule has 1 saturated heterocycles. The van der Waals surface area contributed by atoms with E-state index in [4.69, 9.17) is 10.5 Å². The van der Waals surface area contributed by atoms with Gasteiger partial charge >= 0.3 is 5.97 Å². The fraction of sp³-hybridized carbons (Fsp3) is 0.533. The number of benzene rings is 1. The van der Waals surface area contributed by atoms with Gasteiger partial charge in [0.15, 0.2) is 0 Å². The number of nitrogens with two attached hydrogens (primary N) is 1. The molecule has 1 aliphatic heterocycles. The number of methoxy groups -OCH3 is 1. The Labute approximate surface area is 120 Å². The van der Waals surface area contributed by atoms with E-state index in [0.717, 1.165) is 19.6 Å². The van der Waals surface area contributed by atoms with Gasteiger partial charge in [0, 0.05) is 26.2 Å². The molecule has 5 heteroatoms. The molecule has 110 valence electrons. The van der Waals surface area contributed by atoms with Gasteiger partial charge in [-0.3, -0.25) is 14.6 Å². The first kappa shape index (κ1) is 15.0. The Balaban J connectivity index is 1.91. The van der Waals surface area contributed by atoms with Crippen LogP contribution in [-0.2, 0) is 16.1 Å². The Morgan fingerprint density at radius 2 is 2.10 bits per heavy atom. The van der Waals surface area contributed by atoms with Crippen LogP contribution in [0, 0.1) is 0 Å². The zero-order valence-electron chi connectivity index (χ0n) is 12.2. The van der Waals surface area contributed by atoms with Crippen LogP contribution in [0.5, 0.6) is 0 Å². The first-order chi connectivity index (χ1) is 9.61. The lowest BCUT2D eigenvalue weighted by Crippen LogP contribution is -2.59. The van der Waals surface area contributed by atoms with Crippen LogP contribution < -0.4 is 5.73 Å². The molecule has 0 bridgehead atoms. The van der Waals surface area contributed by atoms with Gasteiger partial charge in [-0.15, -0.1) is 0 Å². The van der Waals surface area contributed by atoms with Gasteiger partial charge in [0.25, 0.3) is 0 Å². The molecule has 5 nitrogen and oxygen atoms in total. The fourth-order valence-corrected chi connectivity index (χ4v) is 2.56. The van der Waals surface area contributed by atoms with Gasteiger partial charge in [-0.05, 0) is 12.5 Å². The summed E-state index contributed by atoms with van der Waals surface area (Å²) in [4.78, 5) is 15.9. The molecule has 0 radical (unpaired) electrons. The van der Waals surface area contributed by atoms with Crippen molar-refractivity contribution in [3.63, 3.8) is 0 Å². The van der Waals surface area contributed by atoms with Crippen LogP contribution >= 0.6 is 0 Å². The Morgan fingerprint density at radius 3 is 2.70 bits per heavy atom. The second-order valence-corrected chi connectivity index (χ2v) is 5.22. The predicted molar refractivity (Wildman–Crippen MR) is 77.9 cm³/mol. The molecule has 1 aromatic carbocycles. The fourth-order valence-electron chi connectivity index (χ4n) is 2.56. The minimum atomic E-state index is -0.232. The van der Waals surface area contributed by atoms with Crippen molar-refractivity contribution in [2.75, 3.05) is 26.7 Å². The highest BCUT2D eigenvalue weighted by Gasteiger charge is 2.30. The standard InChI is InChI=1S/C15H23N3O2/c1-12(15(19)20-2)17-8-9-18(14(16)11-17)10-13-6-4-3-5-7-13/h3-7,12,14H,8-11,16H2,1-2H3. The van der Waals surface area contributed by atoms with E-state index in [0.29, 0.717) is 6.54 Å². The zero-order valence-corrected chi connectivity index (χ0v) is 12.2. The van der Waals surface area contributed by atoms with E-state index in [1.165, 1.54) is 12.7 Å². The van der Waals surface area contributed by atoms with Crippen molar-refractivity contribution in [3.8, 4) is 0 Å². The average Bonchev–Trinajstić information content (AvgIpc) is 2.48. The number of piperazine rings is 1. The molecular formula is C15H23N3O2. The van der Waals surface area contributed by atoms with Crippen molar-refractivity contribution in [1.29, 1.82) is 0 Å². The topological polar surface area (TPSA) is 58.8 Å². The molecule has 2 unspecified atom stereocenters. The minimum absolute atomic E-state index is 0.0592. The molecule has 1 aliphatic rings. The van der Waals surface area contributed by atoms with Gasteiger partial charge in [0.2, 0.25) is 0 Å². The maximum atomic E-state index is 11.6. The lowest BCUT2D eigenvalue weighted by molar-refractivity contribution is -0.147. The van der Waals surface area contributed by atoms with Gasteiger partial charge in [-0.1, -0.05) is 30.3 Å². The second kappa shape index (κ2) is 6.83. The Hall–Kier alpha value is -1.43. The van der Waals surface area contributed by atoms with E-state index >= 15 is 0 Å². The van der Waals surface area contributed by atoms with Crippen molar-refractivity contribution < 1.29 is 9.53 Å². The summed E-state index contributed by atoms with van der Waals surface area (Å²) in [5, 5.41) is 0. The molecule has 1 fully saturated rings. The average molecular weight is 277 g/mol. The summed E-state index contributed by atoms with van der Waals surface area (Å²) in [6.45, 7) is 5.09. The molecule has 0 saturated carbocycles. The number of hydrogen-bond acceptors (Lipinski definition) is 5. The lowest BCUT2D eigenvalue weighted by Gasteiger charge is -2.41. The third-order valence-electron chi connectivity index (χ3n) is 3.88. The van der Waals surface area contributed by atoms with Crippen molar-refractivity contribution >= 4 is 5.97 Å². The number of carbonyl (C=O) groups excluding carboxylic acids is 1. The molecule has 0 aromatic heterocycles. The van der Waals surface area contributed by atoms with Crippen LogP contribution in [0.2, 0.25) is 0 Å². The van der Waals surface area contributed by atoms with E-state index in [1.807, 2.05) is 25.1 Å². The van der Waals surface area contributed by atoms with E-state index < -0.39 is 0 Å². The summed E-state index contributed by atoms with van der Waals surface area (Å²) in [6, 6.07) is 10.1. The summed E-state index contributed by atoms with van der Waals surface area (Å²) < 4.78 is 4.79. The molecule has 0 spiro atoms. The first-order valence-electron chi connectivity index (χ1n) is 6.97. The van der Waals surface area contributed by atoms with Crippen molar-refractivity contribution in [2.24, 2.45) is 5.73 Å². The largest absolute Gasteiger partial charge is 0.468 e. The van der Waals surface area contributed by atoms with Crippen LogP contribution in [0.15, 0.2) is 30.3 Å². The molecule has 20 heavy (non-hydrogen) atoms. The van der Waals surface area contributed by atoms with Gasteiger partial charge in [-0.25, -0.2) is 0 Å². The molecule has 1 heterocycles. The SMILES string of the molecule is COC(=O)C(C)N1CCN(Cc2ccccc2)C(N)C1. The lowest BCUT2D eigenvalue weighted by atomic mass is 10.1. The molecule has 2 rings (SSSR count). The third kappa shape index (κ3) is 3.56. The Kier molecular flexibility index (Phi) is 5.11. The molecule has 0 amide bonds. The van der Waals surface area contributed by atoms with Crippen LogP contribution in [0.4, 0.5) is 0 Å². The second-order valence-electron chi connectivity index (χ2n) is 5.22. The number of rotatable bonds is 4. The summed E-state index contributed by atoms with van der Waals surface area (Å²) in [6.07, 6.45) is -0.0592. The highest BCUT2D eigenvalue weighted by atomic mass is 16.5. The number of hydrogen-bond donors (Lipinski definition) is 1. The smallest absolute Gasteiger partial charge is 0.322 e. The van der Waals surface area contributed by atoms with Crippen LogP contribution in [0.1, 0.15) is 12.5 Å². The maximum absolute atomic E-state index is 11.6. The van der Waals surface area contributed by atoms with E-state index in [1.54, 1.807) is 0 Å². The van der Waals surface area contributed by atoms with Crippen LogP contribution in [0.3, 0.4) is 0 Å². The summed E-state index contributed by atoms with van der Waals surface area (Å²) >= 11 is 0. The van der Waals surface area contributed by atoms with Gasteiger partial charge in [-0.2, -0.15) is 0 Å². The van der Waals surface area contributed by atoms with E-state index in [-0.39, 0.29) is 18.2 Å². The van der Waals surface area contributed by atoms with Gasteiger partial charge in [0.1, 0.15) is 6.04 Å². The number of nitrogens with zero attached hydrogens (tertiary/aromatic N) is 2. The van der Waals surface area contributed by atoms with Gasteiger partial charge < -0.3 is 10.5 Å². The molecule has 1 aromatic rings. The van der Waals surface area contributed by atoms with Crippen molar-refractivity contribution in [3.05, 3.63) is 35.9 Å². The monoisotopic (exact) mass is 277 g/mol. The predicted octanol–water partition coefficient (Wildman–Crippen LogP) is 0.650. The quantitative estimate of drug-likeness (QED) is 0.819. The van der Waals surface area contributed by atoms with E-state index in [2.05, 4.69) is 21.9 Å². The normalized spacial score (nSPS) is 22.4. The highest BCUT2D eigenvalue weighted by molar-refractivity contribution is 5.75. The molecule has 2 N–H and O–H groups in total. The summed E-state index contributed by atoms with van der Waals surface area (Å²) in [5.74, 6) is -0.200. The van der Waals surface area contributed by atoms with E-state index in [9.17, 15) is 4.79 Å². The first-order valence-corrected chi connectivity index (χ1v) is 6.97. The van der Waals surface area contributed by atoms with Gasteiger partial charge in [0.05, 0.1) is 13.3 Å². The third-order valence-corrected chi connectivity index (χ3v) is 3.88.